The molecule has 0 radical (unpaired) electrons. The summed E-state index contributed by atoms with van der Waals surface area (Å²) in [7, 11) is -3.72. The smallest absolute Gasteiger partial charge is 0.255 e. The molecule has 0 aliphatic carbocycles. The van der Waals surface area contributed by atoms with Crippen molar-refractivity contribution in [3.05, 3.63) is 54.1 Å². The molecular weight excluding hydrogens is 414 g/mol. The molecule has 2 heterocycles. The van der Waals surface area contributed by atoms with Crippen molar-refractivity contribution in [2.45, 2.75) is 43.1 Å². The second-order valence-corrected chi connectivity index (χ2v) is 9.80. The molecule has 2 aromatic rings. The van der Waals surface area contributed by atoms with Gasteiger partial charge in [0.15, 0.2) is 0 Å². The fourth-order valence-electron chi connectivity index (χ4n) is 4.08. The number of ether oxygens (including phenoxy) is 1. The minimum Gasteiger partial charge on any atom is -0.377 e. The molecule has 4 rings (SSSR count). The highest BCUT2D eigenvalue weighted by Crippen LogP contribution is 2.28. The second-order valence-electron chi connectivity index (χ2n) is 8.03. The molecule has 8 heteroatoms. The first-order valence-corrected chi connectivity index (χ1v) is 12.4. The zero-order valence-electron chi connectivity index (χ0n) is 17.5. The maximum absolute atomic E-state index is 12.9. The van der Waals surface area contributed by atoms with Gasteiger partial charge in [-0.05, 0) is 62.4 Å². The van der Waals surface area contributed by atoms with Gasteiger partial charge in [-0.3, -0.25) is 4.79 Å². The molecule has 0 saturated carbocycles. The summed E-state index contributed by atoms with van der Waals surface area (Å²) < 4.78 is 33.4. The van der Waals surface area contributed by atoms with E-state index in [4.69, 9.17) is 4.74 Å². The molecule has 0 spiro atoms. The van der Waals surface area contributed by atoms with Gasteiger partial charge in [-0.2, -0.15) is 0 Å². The van der Waals surface area contributed by atoms with Crippen LogP contribution in [0.2, 0.25) is 0 Å². The number of carbonyl (C=O) groups excluding carboxylic acids is 1. The van der Waals surface area contributed by atoms with Gasteiger partial charge < -0.3 is 15.0 Å². The van der Waals surface area contributed by atoms with E-state index in [9.17, 15) is 13.2 Å². The summed E-state index contributed by atoms with van der Waals surface area (Å²) in [6.45, 7) is 2.84. The van der Waals surface area contributed by atoms with E-state index in [1.165, 1.54) is 18.6 Å². The lowest BCUT2D eigenvalue weighted by molar-refractivity contribution is 0.102. The van der Waals surface area contributed by atoms with Crippen LogP contribution in [0.5, 0.6) is 0 Å². The molecule has 0 unspecified atom stereocenters. The van der Waals surface area contributed by atoms with Gasteiger partial charge in [0.25, 0.3) is 5.91 Å². The van der Waals surface area contributed by atoms with Crippen molar-refractivity contribution in [2.24, 2.45) is 0 Å². The molecule has 166 valence electrons. The standard InChI is InChI=1S/C23H29N3O4S/c27-23(25-21-11-2-3-12-22(21)26-13-4-1-5-14-26)18-8-6-10-20(16-18)31(28,29)24-17-19-9-7-15-30-19/h2-3,6,8,10-12,16,19,24H,1,4-5,7,9,13-15,17H2,(H,25,27)/t19-/m0/s1. The monoisotopic (exact) mass is 443 g/mol. The Kier molecular flexibility index (Phi) is 6.89. The number of hydrogen-bond donors (Lipinski definition) is 2. The Hall–Kier alpha value is -2.42. The van der Waals surface area contributed by atoms with E-state index in [0.29, 0.717) is 12.2 Å². The van der Waals surface area contributed by atoms with E-state index in [1.54, 1.807) is 12.1 Å². The molecule has 1 amide bonds. The molecule has 2 fully saturated rings. The van der Waals surface area contributed by atoms with Gasteiger partial charge in [0.1, 0.15) is 0 Å². The van der Waals surface area contributed by atoms with Gasteiger partial charge in [-0.15, -0.1) is 0 Å². The van der Waals surface area contributed by atoms with Crippen molar-refractivity contribution in [3.8, 4) is 0 Å². The third kappa shape index (κ3) is 5.44. The van der Waals surface area contributed by atoms with Crippen LogP contribution in [0, 0.1) is 0 Å². The highest BCUT2D eigenvalue weighted by molar-refractivity contribution is 7.89. The van der Waals surface area contributed by atoms with E-state index in [-0.39, 0.29) is 23.5 Å². The maximum atomic E-state index is 12.9. The number of benzene rings is 2. The normalized spacial score (nSPS) is 19.4. The van der Waals surface area contributed by atoms with Gasteiger partial charge in [-0.1, -0.05) is 18.2 Å². The highest BCUT2D eigenvalue weighted by Gasteiger charge is 2.22. The third-order valence-corrected chi connectivity index (χ3v) is 7.20. The van der Waals surface area contributed by atoms with Crippen LogP contribution in [-0.4, -0.2) is 46.7 Å². The number of piperidine rings is 1. The van der Waals surface area contributed by atoms with E-state index in [2.05, 4.69) is 14.9 Å². The minimum absolute atomic E-state index is 0.0717. The molecular formula is C23H29N3O4S. The van der Waals surface area contributed by atoms with Gasteiger partial charge in [0.05, 0.1) is 22.4 Å². The van der Waals surface area contributed by atoms with Gasteiger partial charge >= 0.3 is 0 Å². The Morgan fingerprint density at radius 2 is 1.84 bits per heavy atom. The summed E-state index contributed by atoms with van der Waals surface area (Å²) in [4.78, 5) is 15.3. The van der Waals surface area contributed by atoms with Crippen LogP contribution in [0.15, 0.2) is 53.4 Å². The van der Waals surface area contributed by atoms with Gasteiger partial charge in [0.2, 0.25) is 10.0 Å². The molecule has 2 N–H and O–H groups in total. The largest absolute Gasteiger partial charge is 0.377 e. The van der Waals surface area contributed by atoms with Gasteiger partial charge in [-0.25, -0.2) is 13.1 Å². The Labute approximate surface area is 183 Å². The predicted octanol–water partition coefficient (Wildman–Crippen LogP) is 3.39. The highest BCUT2D eigenvalue weighted by atomic mass is 32.2. The number of nitrogens with one attached hydrogen (secondary N) is 2. The van der Waals surface area contributed by atoms with Crippen LogP contribution in [0.25, 0.3) is 0 Å². The van der Waals surface area contributed by atoms with Crippen LogP contribution in [0.1, 0.15) is 42.5 Å². The molecule has 2 aliphatic heterocycles. The summed E-state index contributed by atoms with van der Waals surface area (Å²) in [5.41, 5.74) is 2.03. The fourth-order valence-corrected chi connectivity index (χ4v) is 5.19. The molecule has 2 aromatic carbocycles. The van der Waals surface area contributed by atoms with Crippen molar-refractivity contribution in [2.75, 3.05) is 36.5 Å². The number of para-hydroxylation sites is 2. The van der Waals surface area contributed by atoms with Crippen molar-refractivity contribution < 1.29 is 17.9 Å². The second kappa shape index (κ2) is 9.80. The summed E-state index contributed by atoms with van der Waals surface area (Å²) in [5, 5.41) is 2.96. The molecule has 1 atom stereocenters. The number of nitrogens with zero attached hydrogens (tertiary/aromatic N) is 1. The molecule has 0 bridgehead atoms. The van der Waals surface area contributed by atoms with E-state index in [0.717, 1.165) is 50.1 Å². The molecule has 7 nitrogen and oxygen atoms in total. The summed E-state index contributed by atoms with van der Waals surface area (Å²) in [5.74, 6) is -0.333. The quantitative estimate of drug-likeness (QED) is 0.685. The number of sulfonamides is 1. The summed E-state index contributed by atoms with van der Waals surface area (Å²) in [6.07, 6.45) is 5.21. The summed E-state index contributed by atoms with van der Waals surface area (Å²) >= 11 is 0. The lowest BCUT2D eigenvalue weighted by Crippen LogP contribution is -2.32. The van der Waals surface area contributed by atoms with E-state index < -0.39 is 10.0 Å². The zero-order chi connectivity index (χ0) is 21.7. The zero-order valence-corrected chi connectivity index (χ0v) is 18.4. The number of anilines is 2. The Morgan fingerprint density at radius 1 is 1.03 bits per heavy atom. The van der Waals surface area contributed by atoms with Crippen molar-refractivity contribution in [1.29, 1.82) is 0 Å². The average Bonchev–Trinajstić information content (AvgIpc) is 3.33. The molecule has 2 saturated heterocycles. The minimum atomic E-state index is -3.72. The van der Waals surface area contributed by atoms with Gasteiger partial charge in [0, 0.05) is 31.8 Å². The number of rotatable bonds is 7. The number of hydrogen-bond acceptors (Lipinski definition) is 5. The lowest BCUT2D eigenvalue weighted by Gasteiger charge is -2.30. The first-order chi connectivity index (χ1) is 15.0. The SMILES string of the molecule is O=C(Nc1ccccc1N1CCCCC1)c1cccc(S(=O)(=O)NC[C@@H]2CCCO2)c1. The van der Waals surface area contributed by atoms with Crippen molar-refractivity contribution in [1.82, 2.24) is 4.72 Å². The first-order valence-electron chi connectivity index (χ1n) is 10.9. The van der Waals surface area contributed by atoms with Crippen LogP contribution in [0.3, 0.4) is 0 Å². The van der Waals surface area contributed by atoms with E-state index >= 15 is 0 Å². The fraction of sp³-hybridized carbons (Fsp3) is 0.435. The van der Waals surface area contributed by atoms with Crippen molar-refractivity contribution in [3.63, 3.8) is 0 Å². The van der Waals surface area contributed by atoms with Crippen LogP contribution < -0.4 is 14.9 Å². The number of amides is 1. The predicted molar refractivity (Wildman–Crippen MR) is 121 cm³/mol. The maximum Gasteiger partial charge on any atom is 0.255 e. The number of carbonyl (C=O) groups is 1. The summed E-state index contributed by atoms with van der Waals surface area (Å²) in [6, 6.07) is 13.9. The lowest BCUT2D eigenvalue weighted by atomic mass is 10.1. The van der Waals surface area contributed by atoms with E-state index in [1.807, 2.05) is 24.3 Å². The molecule has 0 aromatic heterocycles. The Morgan fingerprint density at radius 3 is 2.61 bits per heavy atom. The Balaban J connectivity index is 1.47. The first kappa shape index (κ1) is 21.8. The van der Waals surface area contributed by atoms with Crippen molar-refractivity contribution >= 4 is 27.3 Å². The third-order valence-electron chi connectivity index (χ3n) is 5.78. The molecule has 31 heavy (non-hydrogen) atoms. The molecule has 2 aliphatic rings. The average molecular weight is 444 g/mol. The Bertz CT molecular complexity index is 1010. The van der Waals surface area contributed by atoms with Crippen LogP contribution in [0.4, 0.5) is 11.4 Å². The van der Waals surface area contributed by atoms with Crippen LogP contribution in [-0.2, 0) is 14.8 Å². The van der Waals surface area contributed by atoms with Crippen LogP contribution >= 0.6 is 0 Å². The topological polar surface area (TPSA) is 87.7 Å².